The fraction of sp³-hybridized carbons (Fsp3) is 0.333. The fourth-order valence-corrected chi connectivity index (χ4v) is 2.75. The second kappa shape index (κ2) is 4.61. The lowest BCUT2D eigenvalue weighted by molar-refractivity contribution is 0.420. The molecule has 0 bridgehead atoms. The van der Waals surface area contributed by atoms with Crippen LogP contribution in [0.15, 0.2) is 36.4 Å². The standard InChI is InChI=1S/C18H19/c1-13-10-14(2)12-18(11-13)17-8-6-16(7-9-17)15-4-3-5-15/h6-9,11-12,15H,3-5H2,1-2H3. The van der Waals surface area contributed by atoms with E-state index in [-0.39, 0.29) is 0 Å². The minimum Gasteiger partial charge on any atom is -0.0581 e. The highest BCUT2D eigenvalue weighted by molar-refractivity contribution is 5.65. The summed E-state index contributed by atoms with van der Waals surface area (Å²) in [6.45, 7) is 4.22. The van der Waals surface area contributed by atoms with Gasteiger partial charge in [-0.1, -0.05) is 42.8 Å². The molecule has 1 aliphatic carbocycles. The molecular formula is C18H19. The van der Waals surface area contributed by atoms with Gasteiger partial charge < -0.3 is 0 Å². The third-order valence-corrected chi connectivity index (χ3v) is 3.96. The number of aryl methyl sites for hydroxylation is 2. The molecule has 3 rings (SSSR count). The van der Waals surface area contributed by atoms with Crippen LogP contribution < -0.4 is 0 Å². The minimum absolute atomic E-state index is 0.826. The van der Waals surface area contributed by atoms with E-state index in [2.05, 4.69) is 56.3 Å². The summed E-state index contributed by atoms with van der Waals surface area (Å²) in [7, 11) is 0. The van der Waals surface area contributed by atoms with Gasteiger partial charge in [0.25, 0.3) is 0 Å². The Morgan fingerprint density at radius 1 is 0.889 bits per heavy atom. The van der Waals surface area contributed by atoms with E-state index in [9.17, 15) is 0 Å². The van der Waals surface area contributed by atoms with Crippen molar-refractivity contribution in [3.8, 4) is 11.1 Å². The summed E-state index contributed by atoms with van der Waals surface area (Å²) in [6.07, 6.45) is 4.15. The summed E-state index contributed by atoms with van der Waals surface area (Å²) in [6, 6.07) is 16.9. The van der Waals surface area contributed by atoms with Crippen molar-refractivity contribution in [2.45, 2.75) is 39.0 Å². The Morgan fingerprint density at radius 3 is 2.00 bits per heavy atom. The Morgan fingerprint density at radius 2 is 1.50 bits per heavy atom. The van der Waals surface area contributed by atoms with Gasteiger partial charge in [0.2, 0.25) is 0 Å². The third kappa shape index (κ3) is 2.20. The van der Waals surface area contributed by atoms with Crippen LogP contribution in [0.3, 0.4) is 0 Å². The number of rotatable bonds is 2. The molecule has 0 N–H and O–H groups in total. The molecule has 1 aliphatic rings. The molecule has 0 saturated heterocycles. The van der Waals surface area contributed by atoms with Gasteiger partial charge in [-0.05, 0) is 66.5 Å². The predicted molar refractivity (Wildman–Crippen MR) is 76.8 cm³/mol. The second-order valence-electron chi connectivity index (χ2n) is 5.48. The zero-order chi connectivity index (χ0) is 12.5. The van der Waals surface area contributed by atoms with Crippen molar-refractivity contribution >= 4 is 0 Å². The quantitative estimate of drug-likeness (QED) is 0.684. The first-order valence-electron chi connectivity index (χ1n) is 6.83. The predicted octanol–water partition coefficient (Wildman–Crippen LogP) is 5.04. The van der Waals surface area contributed by atoms with Crippen LogP contribution in [0.4, 0.5) is 0 Å². The van der Waals surface area contributed by atoms with Gasteiger partial charge in [0.05, 0.1) is 0 Å². The van der Waals surface area contributed by atoms with Crippen LogP contribution in [0.5, 0.6) is 0 Å². The Bertz CT molecular complexity index is 525. The maximum Gasteiger partial charge on any atom is -0.0120 e. The fourth-order valence-electron chi connectivity index (χ4n) is 2.75. The molecule has 1 fully saturated rings. The van der Waals surface area contributed by atoms with Crippen LogP contribution in [0.25, 0.3) is 11.1 Å². The van der Waals surface area contributed by atoms with Gasteiger partial charge in [-0.15, -0.1) is 0 Å². The van der Waals surface area contributed by atoms with Gasteiger partial charge in [-0.3, -0.25) is 0 Å². The third-order valence-electron chi connectivity index (χ3n) is 3.96. The van der Waals surface area contributed by atoms with Crippen LogP contribution in [0.2, 0.25) is 0 Å². The van der Waals surface area contributed by atoms with E-state index in [1.54, 1.807) is 0 Å². The summed E-state index contributed by atoms with van der Waals surface area (Å²) in [5, 5.41) is 0. The monoisotopic (exact) mass is 235 g/mol. The lowest BCUT2D eigenvalue weighted by Crippen LogP contribution is -2.08. The first-order chi connectivity index (χ1) is 8.72. The summed E-state index contributed by atoms with van der Waals surface area (Å²) in [5.74, 6) is 0.826. The van der Waals surface area contributed by atoms with E-state index in [4.69, 9.17) is 0 Å². The highest BCUT2D eigenvalue weighted by atomic mass is 14.2. The largest absolute Gasteiger partial charge is 0.0581 e. The lowest BCUT2D eigenvalue weighted by atomic mass is 9.80. The molecular weight excluding hydrogens is 216 g/mol. The zero-order valence-corrected chi connectivity index (χ0v) is 11.2. The SMILES string of the molecule is Cc1[c]c(C)cc(-c2ccc(C3CCC3)cc2)c1. The van der Waals surface area contributed by atoms with Crippen LogP contribution in [0, 0.1) is 19.9 Å². The summed E-state index contributed by atoms with van der Waals surface area (Å²) in [5.41, 5.74) is 6.57. The van der Waals surface area contributed by atoms with Crippen molar-refractivity contribution in [3.05, 3.63) is 59.2 Å². The molecule has 0 amide bonds. The molecule has 0 unspecified atom stereocenters. The van der Waals surface area contributed by atoms with Crippen molar-refractivity contribution in [1.82, 2.24) is 0 Å². The molecule has 1 radical (unpaired) electrons. The van der Waals surface area contributed by atoms with Gasteiger partial charge >= 0.3 is 0 Å². The van der Waals surface area contributed by atoms with Crippen molar-refractivity contribution in [3.63, 3.8) is 0 Å². The summed E-state index contributed by atoms with van der Waals surface area (Å²) in [4.78, 5) is 0. The van der Waals surface area contributed by atoms with Crippen LogP contribution in [-0.2, 0) is 0 Å². The lowest BCUT2D eigenvalue weighted by Gasteiger charge is -2.25. The van der Waals surface area contributed by atoms with Crippen molar-refractivity contribution in [2.24, 2.45) is 0 Å². The molecule has 1 saturated carbocycles. The summed E-state index contributed by atoms with van der Waals surface area (Å²) < 4.78 is 0. The molecule has 18 heavy (non-hydrogen) atoms. The number of benzene rings is 2. The number of hydrogen-bond donors (Lipinski definition) is 0. The molecule has 0 heteroatoms. The molecule has 0 aromatic heterocycles. The van der Waals surface area contributed by atoms with E-state index in [0.29, 0.717) is 0 Å². The van der Waals surface area contributed by atoms with E-state index in [1.807, 2.05) is 0 Å². The van der Waals surface area contributed by atoms with Gasteiger partial charge in [-0.25, -0.2) is 0 Å². The molecule has 2 aromatic carbocycles. The summed E-state index contributed by atoms with van der Waals surface area (Å²) >= 11 is 0. The Balaban J connectivity index is 1.91. The highest BCUT2D eigenvalue weighted by Gasteiger charge is 2.18. The molecule has 0 aliphatic heterocycles. The average Bonchev–Trinajstić information content (AvgIpc) is 2.26. The molecule has 91 valence electrons. The first-order valence-corrected chi connectivity index (χ1v) is 6.83. The molecule has 0 nitrogen and oxygen atoms in total. The number of hydrogen-bond acceptors (Lipinski definition) is 0. The topological polar surface area (TPSA) is 0 Å². The molecule has 0 heterocycles. The Kier molecular flexibility index (Phi) is 2.95. The molecule has 0 atom stereocenters. The minimum atomic E-state index is 0.826. The highest BCUT2D eigenvalue weighted by Crippen LogP contribution is 2.37. The van der Waals surface area contributed by atoms with Gasteiger partial charge in [0.15, 0.2) is 0 Å². The smallest absolute Gasteiger partial charge is 0.0120 e. The van der Waals surface area contributed by atoms with Crippen molar-refractivity contribution in [2.75, 3.05) is 0 Å². The zero-order valence-electron chi connectivity index (χ0n) is 11.2. The van der Waals surface area contributed by atoms with Crippen molar-refractivity contribution < 1.29 is 0 Å². The van der Waals surface area contributed by atoms with E-state index in [1.165, 1.54) is 47.1 Å². The second-order valence-corrected chi connectivity index (χ2v) is 5.48. The maximum absolute atomic E-state index is 3.33. The maximum atomic E-state index is 3.33. The van der Waals surface area contributed by atoms with Gasteiger partial charge in [0.1, 0.15) is 0 Å². The van der Waals surface area contributed by atoms with Crippen LogP contribution >= 0.6 is 0 Å². The molecule has 2 aromatic rings. The van der Waals surface area contributed by atoms with E-state index < -0.39 is 0 Å². The Hall–Kier alpha value is -1.56. The Labute approximate surface area is 110 Å². The average molecular weight is 235 g/mol. The van der Waals surface area contributed by atoms with Crippen molar-refractivity contribution in [1.29, 1.82) is 0 Å². The van der Waals surface area contributed by atoms with E-state index in [0.717, 1.165) is 5.92 Å². The molecule has 0 spiro atoms. The van der Waals surface area contributed by atoms with Gasteiger partial charge in [0, 0.05) is 0 Å². The van der Waals surface area contributed by atoms with Gasteiger partial charge in [-0.2, -0.15) is 0 Å². The first kappa shape index (κ1) is 11.5. The van der Waals surface area contributed by atoms with E-state index >= 15 is 0 Å². The normalized spacial score (nSPS) is 15.4. The van der Waals surface area contributed by atoms with Crippen LogP contribution in [0.1, 0.15) is 41.9 Å². The van der Waals surface area contributed by atoms with Crippen LogP contribution in [-0.4, -0.2) is 0 Å².